The number of aromatic nitrogens is 1. The van der Waals surface area contributed by atoms with Crippen molar-refractivity contribution in [1.29, 1.82) is 0 Å². The van der Waals surface area contributed by atoms with E-state index < -0.39 is 59.6 Å². The number of nitrogens with one attached hydrogen (secondary N) is 1. The summed E-state index contributed by atoms with van der Waals surface area (Å²) >= 11 is 0. The van der Waals surface area contributed by atoms with E-state index in [-0.39, 0.29) is 24.9 Å². The number of hydrogen-bond donors (Lipinski definition) is 4. The van der Waals surface area contributed by atoms with E-state index in [1.807, 2.05) is 69.5 Å². The number of nitrogens with zero attached hydrogens (tertiary/aromatic N) is 2. The topological polar surface area (TPSA) is 138 Å². The van der Waals surface area contributed by atoms with Crippen LogP contribution < -0.4 is 11.1 Å². The molecule has 0 radical (unpaired) electrons. The predicted octanol–water partition coefficient (Wildman–Crippen LogP) is 5.50. The second-order valence-corrected chi connectivity index (χ2v) is 12.0. The molecule has 5 N–H and O–H groups in total. The number of hydrogen-bond acceptors (Lipinski definition) is 5. The maximum atomic E-state index is 14.9. The first-order valence-electron chi connectivity index (χ1n) is 15.6. The van der Waals surface area contributed by atoms with Crippen LogP contribution in [0.4, 0.5) is 8.78 Å². The molecule has 2 aromatic carbocycles. The van der Waals surface area contributed by atoms with Crippen molar-refractivity contribution in [2.45, 2.75) is 85.5 Å². The molecule has 0 spiro atoms. The molecular weight excluding hydrogens is 594 g/mol. The number of aliphatic hydroxyl groups excluding tert-OH is 1. The average molecular weight is 643 g/mol. The molecule has 3 atom stereocenters. The summed E-state index contributed by atoms with van der Waals surface area (Å²) in [6.45, 7) is 11.0. The standard InChI is InChI=1S/C33H42F2N4O5.C2H6/c1-5-9-27(32(43)44)37-31(42)26(36)14-15-39(29(41)20-40)30(33(2,3)4)28-16-22(24-17-23(34)12-13-25(24)35)19-38(28)18-21-10-7-6-8-11-21;1-2/h6-8,10-13,16-17,19,26-27,30,40H,5,9,14-15,18,20,36H2,1-4H3,(H,37,42)(H,43,44);1-2H3. The molecule has 0 bridgehead atoms. The van der Waals surface area contributed by atoms with Gasteiger partial charge < -0.3 is 30.7 Å². The molecule has 11 heteroatoms. The van der Waals surface area contributed by atoms with Gasteiger partial charge in [0.1, 0.15) is 24.3 Å². The van der Waals surface area contributed by atoms with Crippen LogP contribution in [0.15, 0.2) is 60.8 Å². The van der Waals surface area contributed by atoms with E-state index in [1.54, 1.807) is 19.2 Å². The van der Waals surface area contributed by atoms with Gasteiger partial charge in [0.15, 0.2) is 0 Å². The monoisotopic (exact) mass is 642 g/mol. The van der Waals surface area contributed by atoms with Crippen molar-refractivity contribution in [3.05, 3.63) is 83.7 Å². The lowest BCUT2D eigenvalue weighted by Crippen LogP contribution is -2.50. The molecule has 0 saturated heterocycles. The Morgan fingerprint density at radius 3 is 2.24 bits per heavy atom. The molecule has 0 fully saturated rings. The predicted molar refractivity (Wildman–Crippen MR) is 175 cm³/mol. The molecule has 1 heterocycles. The summed E-state index contributed by atoms with van der Waals surface area (Å²) in [6.07, 6.45) is 2.47. The van der Waals surface area contributed by atoms with Crippen LogP contribution in [0.25, 0.3) is 11.1 Å². The van der Waals surface area contributed by atoms with E-state index in [2.05, 4.69) is 5.32 Å². The number of amides is 2. The van der Waals surface area contributed by atoms with Crippen molar-refractivity contribution < 1.29 is 33.4 Å². The van der Waals surface area contributed by atoms with Gasteiger partial charge in [-0.1, -0.05) is 78.3 Å². The molecule has 9 nitrogen and oxygen atoms in total. The second kappa shape index (κ2) is 17.6. The summed E-state index contributed by atoms with van der Waals surface area (Å²) in [4.78, 5) is 39.0. The smallest absolute Gasteiger partial charge is 0.326 e. The Bertz CT molecular complexity index is 1440. The molecule has 0 saturated carbocycles. The number of benzene rings is 2. The summed E-state index contributed by atoms with van der Waals surface area (Å²) in [7, 11) is 0. The number of aliphatic carboxylic acids is 1. The minimum absolute atomic E-state index is 0.0204. The molecule has 0 aliphatic heterocycles. The second-order valence-electron chi connectivity index (χ2n) is 12.0. The molecule has 3 rings (SSSR count). The highest BCUT2D eigenvalue weighted by Crippen LogP contribution is 2.41. The Morgan fingerprint density at radius 2 is 1.67 bits per heavy atom. The van der Waals surface area contributed by atoms with E-state index >= 15 is 0 Å². The van der Waals surface area contributed by atoms with Crippen molar-refractivity contribution in [2.75, 3.05) is 13.2 Å². The normalized spacial score (nSPS) is 13.2. The summed E-state index contributed by atoms with van der Waals surface area (Å²) in [5.41, 5.74) is 7.52. The van der Waals surface area contributed by atoms with Crippen LogP contribution in [-0.2, 0) is 20.9 Å². The highest BCUT2D eigenvalue weighted by atomic mass is 19.1. The Morgan fingerprint density at radius 1 is 1.02 bits per heavy atom. The van der Waals surface area contributed by atoms with E-state index in [1.165, 1.54) is 4.90 Å². The summed E-state index contributed by atoms with van der Waals surface area (Å²) in [5, 5.41) is 21.8. The van der Waals surface area contributed by atoms with Crippen LogP contribution in [-0.4, -0.2) is 62.7 Å². The van der Waals surface area contributed by atoms with Crippen LogP contribution in [0, 0.1) is 17.0 Å². The Kier molecular flexibility index (Phi) is 14.5. The quantitative estimate of drug-likeness (QED) is 0.183. The number of rotatable bonds is 14. The maximum Gasteiger partial charge on any atom is 0.326 e. The van der Waals surface area contributed by atoms with Gasteiger partial charge in [-0.2, -0.15) is 0 Å². The molecule has 3 unspecified atom stereocenters. The number of aliphatic hydroxyl groups is 1. The molecule has 0 aliphatic rings. The van der Waals surface area contributed by atoms with E-state index in [0.717, 1.165) is 23.8 Å². The fourth-order valence-electron chi connectivity index (χ4n) is 5.33. The molecule has 0 aliphatic carbocycles. The molecule has 3 aromatic rings. The zero-order chi connectivity index (χ0) is 34.6. The first kappa shape index (κ1) is 38.1. The van der Waals surface area contributed by atoms with Crippen LogP contribution >= 0.6 is 0 Å². The lowest BCUT2D eigenvalue weighted by molar-refractivity contribution is -0.142. The number of carboxylic acids is 1. The first-order chi connectivity index (χ1) is 21.8. The van der Waals surface area contributed by atoms with Crippen molar-refractivity contribution in [2.24, 2.45) is 11.1 Å². The number of nitrogens with two attached hydrogens (primary N) is 1. The number of halogens is 2. The number of carbonyl (C=O) groups excluding carboxylic acids is 2. The molecule has 252 valence electrons. The van der Waals surface area contributed by atoms with Gasteiger partial charge in [0.05, 0.1) is 12.1 Å². The van der Waals surface area contributed by atoms with E-state index in [4.69, 9.17) is 5.73 Å². The van der Waals surface area contributed by atoms with Crippen LogP contribution in [0.2, 0.25) is 0 Å². The third kappa shape index (κ3) is 10.2. The SMILES string of the molecule is CC.CCCC(NC(=O)C(N)CCN(C(=O)CO)C(c1cc(-c2cc(F)ccc2F)cn1Cc1ccccc1)C(C)(C)C)C(=O)O. The highest BCUT2D eigenvalue weighted by molar-refractivity contribution is 5.86. The van der Waals surface area contributed by atoms with Gasteiger partial charge in [-0.25, -0.2) is 13.6 Å². The summed E-state index contributed by atoms with van der Waals surface area (Å²) < 4.78 is 31.0. The van der Waals surface area contributed by atoms with Crippen LogP contribution in [0.1, 0.15) is 78.1 Å². The van der Waals surface area contributed by atoms with Crippen molar-refractivity contribution in [3.63, 3.8) is 0 Å². The zero-order valence-corrected chi connectivity index (χ0v) is 27.6. The fourth-order valence-corrected chi connectivity index (χ4v) is 5.33. The zero-order valence-electron chi connectivity index (χ0n) is 27.6. The van der Waals surface area contributed by atoms with Gasteiger partial charge in [0.25, 0.3) is 0 Å². The van der Waals surface area contributed by atoms with Crippen LogP contribution in [0.5, 0.6) is 0 Å². The lowest BCUT2D eigenvalue weighted by Gasteiger charge is -2.41. The van der Waals surface area contributed by atoms with E-state index in [0.29, 0.717) is 24.2 Å². The van der Waals surface area contributed by atoms with Crippen molar-refractivity contribution in [1.82, 2.24) is 14.8 Å². The van der Waals surface area contributed by atoms with Gasteiger partial charge in [-0.05, 0) is 48.1 Å². The Balaban J connectivity index is 0.00000361. The lowest BCUT2D eigenvalue weighted by atomic mass is 9.82. The molecule has 46 heavy (non-hydrogen) atoms. The number of carboxylic acid groups (broad SMARTS) is 1. The summed E-state index contributed by atoms with van der Waals surface area (Å²) in [5.74, 6) is -3.64. The van der Waals surface area contributed by atoms with E-state index in [9.17, 15) is 33.4 Å². The number of carbonyl (C=O) groups is 3. The first-order valence-corrected chi connectivity index (χ1v) is 15.6. The molecule has 1 aromatic heterocycles. The minimum Gasteiger partial charge on any atom is -0.480 e. The van der Waals surface area contributed by atoms with Gasteiger partial charge in [-0.15, -0.1) is 0 Å². The highest BCUT2D eigenvalue weighted by Gasteiger charge is 2.37. The molecular formula is C35H48F2N4O5. The van der Waals surface area contributed by atoms with Gasteiger partial charge in [-0.3, -0.25) is 9.59 Å². The van der Waals surface area contributed by atoms with Gasteiger partial charge in [0.2, 0.25) is 11.8 Å². The summed E-state index contributed by atoms with van der Waals surface area (Å²) in [6, 6.07) is 11.5. The molecule has 2 amide bonds. The Hall–Kier alpha value is -4.09. The third-order valence-electron chi connectivity index (χ3n) is 7.44. The third-order valence-corrected chi connectivity index (χ3v) is 7.44. The minimum atomic E-state index is -1.16. The largest absolute Gasteiger partial charge is 0.480 e. The maximum absolute atomic E-state index is 14.9. The van der Waals surface area contributed by atoms with Gasteiger partial charge in [0, 0.05) is 36.1 Å². The van der Waals surface area contributed by atoms with Crippen molar-refractivity contribution in [3.8, 4) is 11.1 Å². The average Bonchev–Trinajstić information content (AvgIpc) is 3.42. The van der Waals surface area contributed by atoms with Crippen molar-refractivity contribution >= 4 is 17.8 Å². The fraction of sp³-hybridized carbons (Fsp3) is 0.457. The van der Waals surface area contributed by atoms with Crippen LogP contribution in [0.3, 0.4) is 0 Å². The van der Waals surface area contributed by atoms with Gasteiger partial charge >= 0.3 is 5.97 Å². The Labute approximate surface area is 270 Å².